The Morgan fingerprint density at radius 1 is 1.18 bits per heavy atom. The smallest absolute Gasteiger partial charge is 0.0505 e. The summed E-state index contributed by atoms with van der Waals surface area (Å²) in [7, 11) is 0. The third-order valence-electron chi connectivity index (χ3n) is 2.79. The zero-order valence-corrected chi connectivity index (χ0v) is 12.7. The van der Waals surface area contributed by atoms with Crippen LogP contribution in [0.4, 0.5) is 5.69 Å². The Kier molecular flexibility index (Phi) is 3.89. The molecule has 90 valence electrons. The second kappa shape index (κ2) is 5.23. The topological polar surface area (TPSA) is 12.0 Å². The molecule has 1 aromatic carbocycles. The van der Waals surface area contributed by atoms with Gasteiger partial charge in [0.05, 0.1) is 6.54 Å². The Hall–Kier alpha value is -0.800. The summed E-state index contributed by atoms with van der Waals surface area (Å²) in [6.45, 7) is 7.33. The van der Waals surface area contributed by atoms with Crippen molar-refractivity contribution in [2.24, 2.45) is 0 Å². The number of hydrogen-bond donors (Lipinski definition) is 1. The maximum atomic E-state index is 3.56. The molecule has 0 aliphatic heterocycles. The lowest BCUT2D eigenvalue weighted by Gasteiger charge is -2.13. The standard InChI is InChI=1S/C14H16BrNS/c1-9-6-10(2)14(11(3)7-9)16-8-13-12(15)4-5-17-13/h4-7,16H,8H2,1-3H3. The van der Waals surface area contributed by atoms with Gasteiger partial charge >= 0.3 is 0 Å². The highest BCUT2D eigenvalue weighted by molar-refractivity contribution is 9.10. The highest BCUT2D eigenvalue weighted by Crippen LogP contribution is 2.26. The third-order valence-corrected chi connectivity index (χ3v) is 4.72. The first-order valence-corrected chi connectivity index (χ1v) is 7.29. The average molecular weight is 310 g/mol. The first kappa shape index (κ1) is 12.7. The van der Waals surface area contributed by atoms with Crippen LogP contribution in [-0.2, 0) is 6.54 Å². The van der Waals surface area contributed by atoms with Gasteiger partial charge in [-0.15, -0.1) is 11.3 Å². The van der Waals surface area contributed by atoms with Crippen LogP contribution in [-0.4, -0.2) is 0 Å². The Morgan fingerprint density at radius 3 is 2.35 bits per heavy atom. The molecule has 0 saturated heterocycles. The van der Waals surface area contributed by atoms with E-state index < -0.39 is 0 Å². The van der Waals surface area contributed by atoms with Crippen LogP contribution in [0.1, 0.15) is 21.6 Å². The van der Waals surface area contributed by atoms with E-state index in [0.717, 1.165) is 6.54 Å². The molecule has 1 heterocycles. The Balaban J connectivity index is 2.17. The highest BCUT2D eigenvalue weighted by atomic mass is 79.9. The predicted molar refractivity (Wildman–Crippen MR) is 80.0 cm³/mol. The van der Waals surface area contributed by atoms with Gasteiger partial charge in [0.1, 0.15) is 0 Å². The average Bonchev–Trinajstić information content (AvgIpc) is 2.62. The summed E-state index contributed by atoms with van der Waals surface area (Å²) in [4.78, 5) is 1.34. The van der Waals surface area contributed by atoms with Gasteiger partial charge in [0.15, 0.2) is 0 Å². The van der Waals surface area contributed by atoms with Crippen molar-refractivity contribution in [3.63, 3.8) is 0 Å². The van der Waals surface area contributed by atoms with Gasteiger partial charge in [-0.1, -0.05) is 17.7 Å². The minimum absolute atomic E-state index is 0.878. The van der Waals surface area contributed by atoms with E-state index in [2.05, 4.69) is 65.6 Å². The van der Waals surface area contributed by atoms with E-state index >= 15 is 0 Å². The van der Waals surface area contributed by atoms with Crippen LogP contribution in [0, 0.1) is 20.8 Å². The van der Waals surface area contributed by atoms with E-state index in [4.69, 9.17) is 0 Å². The number of anilines is 1. The zero-order valence-electron chi connectivity index (χ0n) is 10.3. The second-order valence-electron chi connectivity index (χ2n) is 4.32. The molecule has 1 aromatic heterocycles. The predicted octanol–water partition coefficient (Wildman–Crippen LogP) is 5.05. The first-order chi connectivity index (χ1) is 8.08. The summed E-state index contributed by atoms with van der Waals surface area (Å²) in [5.74, 6) is 0. The Bertz CT molecular complexity index is 508. The highest BCUT2D eigenvalue weighted by Gasteiger charge is 2.05. The summed E-state index contributed by atoms with van der Waals surface area (Å²) in [5.41, 5.74) is 5.21. The van der Waals surface area contributed by atoms with Crippen molar-refractivity contribution in [1.29, 1.82) is 0 Å². The summed E-state index contributed by atoms with van der Waals surface area (Å²) in [6.07, 6.45) is 0. The second-order valence-corrected chi connectivity index (χ2v) is 6.17. The van der Waals surface area contributed by atoms with Gasteiger partial charge in [-0.2, -0.15) is 0 Å². The van der Waals surface area contributed by atoms with Crippen molar-refractivity contribution >= 4 is 33.0 Å². The molecule has 0 bridgehead atoms. The molecule has 0 amide bonds. The minimum Gasteiger partial charge on any atom is -0.380 e. The van der Waals surface area contributed by atoms with Crippen LogP contribution in [0.5, 0.6) is 0 Å². The van der Waals surface area contributed by atoms with Crippen LogP contribution >= 0.6 is 27.3 Å². The van der Waals surface area contributed by atoms with Crippen molar-refractivity contribution in [3.8, 4) is 0 Å². The molecule has 3 heteroatoms. The molecule has 0 fully saturated rings. The van der Waals surface area contributed by atoms with Gasteiger partial charge in [-0.25, -0.2) is 0 Å². The van der Waals surface area contributed by atoms with E-state index in [1.165, 1.54) is 31.7 Å². The number of halogens is 1. The van der Waals surface area contributed by atoms with Crippen LogP contribution < -0.4 is 5.32 Å². The Labute approximate surface area is 115 Å². The van der Waals surface area contributed by atoms with E-state index in [1.807, 2.05) is 0 Å². The monoisotopic (exact) mass is 309 g/mol. The third kappa shape index (κ3) is 2.90. The summed E-state index contributed by atoms with van der Waals surface area (Å²) >= 11 is 5.33. The van der Waals surface area contributed by atoms with Crippen LogP contribution in [0.25, 0.3) is 0 Å². The number of nitrogens with one attached hydrogen (secondary N) is 1. The van der Waals surface area contributed by atoms with E-state index in [1.54, 1.807) is 11.3 Å². The number of rotatable bonds is 3. The van der Waals surface area contributed by atoms with Gasteiger partial charge in [-0.3, -0.25) is 0 Å². The summed E-state index contributed by atoms with van der Waals surface area (Å²) < 4.78 is 1.19. The molecular formula is C14H16BrNS. The van der Waals surface area contributed by atoms with Crippen molar-refractivity contribution < 1.29 is 0 Å². The fraction of sp³-hybridized carbons (Fsp3) is 0.286. The van der Waals surface area contributed by atoms with Gasteiger partial charge in [0.2, 0.25) is 0 Å². The lowest BCUT2D eigenvalue weighted by molar-refractivity contribution is 1.15. The number of benzene rings is 1. The molecule has 0 unspecified atom stereocenters. The van der Waals surface area contributed by atoms with Crippen molar-refractivity contribution in [1.82, 2.24) is 0 Å². The van der Waals surface area contributed by atoms with E-state index in [9.17, 15) is 0 Å². The minimum atomic E-state index is 0.878. The van der Waals surface area contributed by atoms with E-state index in [0.29, 0.717) is 0 Å². The summed E-state index contributed by atoms with van der Waals surface area (Å²) in [6, 6.07) is 6.54. The Morgan fingerprint density at radius 2 is 1.82 bits per heavy atom. The largest absolute Gasteiger partial charge is 0.380 e. The molecule has 0 saturated carbocycles. The van der Waals surface area contributed by atoms with Gasteiger partial charge in [0.25, 0.3) is 0 Å². The maximum Gasteiger partial charge on any atom is 0.0505 e. The number of aryl methyl sites for hydroxylation is 3. The van der Waals surface area contributed by atoms with E-state index in [-0.39, 0.29) is 0 Å². The van der Waals surface area contributed by atoms with Crippen molar-refractivity contribution in [2.75, 3.05) is 5.32 Å². The van der Waals surface area contributed by atoms with Gasteiger partial charge < -0.3 is 5.32 Å². The molecule has 2 aromatic rings. The molecule has 1 N–H and O–H groups in total. The number of thiophene rings is 1. The first-order valence-electron chi connectivity index (χ1n) is 5.61. The molecule has 0 spiro atoms. The lowest BCUT2D eigenvalue weighted by Crippen LogP contribution is -2.02. The molecule has 2 rings (SSSR count). The molecule has 0 aliphatic carbocycles. The van der Waals surface area contributed by atoms with Crippen molar-refractivity contribution in [2.45, 2.75) is 27.3 Å². The summed E-state index contributed by atoms with van der Waals surface area (Å²) in [5, 5.41) is 5.64. The molecule has 0 atom stereocenters. The number of hydrogen-bond acceptors (Lipinski definition) is 2. The molecule has 1 nitrogen and oxygen atoms in total. The molecule has 0 aliphatic rings. The lowest BCUT2D eigenvalue weighted by atomic mass is 10.1. The fourth-order valence-electron chi connectivity index (χ4n) is 2.08. The van der Waals surface area contributed by atoms with Gasteiger partial charge in [0, 0.05) is 15.0 Å². The quantitative estimate of drug-likeness (QED) is 0.836. The van der Waals surface area contributed by atoms with Crippen LogP contribution in [0.15, 0.2) is 28.1 Å². The normalized spacial score (nSPS) is 10.6. The van der Waals surface area contributed by atoms with Crippen LogP contribution in [0.3, 0.4) is 0 Å². The molecule has 17 heavy (non-hydrogen) atoms. The van der Waals surface area contributed by atoms with Crippen molar-refractivity contribution in [3.05, 3.63) is 49.6 Å². The maximum absolute atomic E-state index is 3.56. The molecule has 0 radical (unpaired) electrons. The molecular weight excluding hydrogens is 294 g/mol. The van der Waals surface area contributed by atoms with Gasteiger partial charge in [-0.05, 0) is 59.3 Å². The fourth-order valence-corrected chi connectivity index (χ4v) is 3.51. The SMILES string of the molecule is Cc1cc(C)c(NCc2sccc2Br)c(C)c1. The zero-order chi connectivity index (χ0) is 12.4. The van der Waals surface area contributed by atoms with Crippen LogP contribution in [0.2, 0.25) is 0 Å².